The minimum Gasteiger partial charge on any atom is -0.405 e. The maximum Gasteiger partial charge on any atom is 0.573 e. The summed E-state index contributed by atoms with van der Waals surface area (Å²) >= 11 is 0. The highest BCUT2D eigenvalue weighted by Gasteiger charge is 2.33. The average Bonchev–Trinajstić information content (AvgIpc) is 2.24. The highest BCUT2D eigenvalue weighted by molar-refractivity contribution is 8.13. The Morgan fingerprint density at radius 1 is 1.42 bits per heavy atom. The number of alkyl halides is 3. The predicted molar refractivity (Wildman–Crippen MR) is 58.8 cm³/mol. The smallest absolute Gasteiger partial charge is 0.405 e. The maximum atomic E-state index is 12.1. The Kier molecular flexibility index (Phi) is 4.29. The second-order valence-electron chi connectivity index (χ2n) is 3.22. The van der Waals surface area contributed by atoms with Gasteiger partial charge in [-0.3, -0.25) is 0 Å². The van der Waals surface area contributed by atoms with Crippen LogP contribution in [0.5, 0.6) is 5.75 Å². The Hall–Kier alpha value is -1.50. The number of hydrogen-bond donors (Lipinski definition) is 1. The number of halogens is 4. The van der Waals surface area contributed by atoms with Crippen molar-refractivity contribution in [3.8, 4) is 11.8 Å². The zero-order chi connectivity index (χ0) is 14.8. The highest BCUT2D eigenvalue weighted by Crippen LogP contribution is 2.32. The van der Waals surface area contributed by atoms with Crippen LogP contribution < -0.4 is 10.5 Å². The summed E-state index contributed by atoms with van der Waals surface area (Å²) in [4.78, 5) is -0.619. The Morgan fingerprint density at radius 3 is 2.37 bits per heavy atom. The molecule has 19 heavy (non-hydrogen) atoms. The lowest BCUT2D eigenvalue weighted by molar-refractivity contribution is -0.274. The summed E-state index contributed by atoms with van der Waals surface area (Å²) in [6, 6.07) is 2.95. The minimum atomic E-state index is -4.99. The first-order valence-electron chi connectivity index (χ1n) is 4.56. The van der Waals surface area contributed by atoms with Crippen LogP contribution in [0.2, 0.25) is 0 Å². The normalized spacial score (nSPS) is 12.0. The fourth-order valence-electron chi connectivity index (χ4n) is 1.36. The van der Waals surface area contributed by atoms with Gasteiger partial charge in [0, 0.05) is 22.8 Å². The molecule has 0 heterocycles. The van der Waals surface area contributed by atoms with Crippen molar-refractivity contribution in [3.05, 3.63) is 23.3 Å². The summed E-state index contributed by atoms with van der Waals surface area (Å²) in [5, 5.41) is 8.85. The van der Waals surface area contributed by atoms with Crippen LogP contribution in [0.25, 0.3) is 0 Å². The van der Waals surface area contributed by atoms with Crippen LogP contribution in [0.15, 0.2) is 17.0 Å². The van der Waals surface area contributed by atoms with Gasteiger partial charge in [0.1, 0.15) is 16.7 Å². The van der Waals surface area contributed by atoms with Crippen LogP contribution in [0.3, 0.4) is 0 Å². The van der Waals surface area contributed by atoms with Crippen molar-refractivity contribution in [1.29, 1.82) is 5.26 Å². The predicted octanol–water partition coefficient (Wildman–Crippen LogP) is 1.84. The van der Waals surface area contributed by atoms with Gasteiger partial charge in [0.15, 0.2) is 0 Å². The lowest BCUT2D eigenvalue weighted by Crippen LogP contribution is -2.19. The van der Waals surface area contributed by atoms with Crippen molar-refractivity contribution in [3.63, 3.8) is 0 Å². The van der Waals surface area contributed by atoms with Crippen LogP contribution in [-0.4, -0.2) is 14.8 Å². The molecule has 0 fully saturated rings. The molecule has 0 bridgehead atoms. The first-order chi connectivity index (χ1) is 8.60. The fourth-order valence-corrected chi connectivity index (χ4v) is 2.38. The summed E-state index contributed by atoms with van der Waals surface area (Å²) in [5.74, 6) is -0.740. The van der Waals surface area contributed by atoms with E-state index in [4.69, 9.17) is 21.7 Å². The summed E-state index contributed by atoms with van der Waals surface area (Å²) < 4.78 is 62.5. The first kappa shape index (κ1) is 15.6. The molecule has 1 aromatic carbocycles. The van der Waals surface area contributed by atoms with Gasteiger partial charge in [0.25, 0.3) is 9.05 Å². The quantitative estimate of drug-likeness (QED) is 0.859. The van der Waals surface area contributed by atoms with E-state index < -0.39 is 38.2 Å². The van der Waals surface area contributed by atoms with Crippen molar-refractivity contribution < 1.29 is 26.3 Å². The van der Waals surface area contributed by atoms with E-state index in [-0.39, 0.29) is 5.56 Å². The van der Waals surface area contributed by atoms with Crippen molar-refractivity contribution in [2.75, 3.05) is 0 Å². The van der Waals surface area contributed by atoms with E-state index in [9.17, 15) is 21.6 Å². The number of nitrogens with two attached hydrogens (primary N) is 1. The third-order valence-corrected chi connectivity index (χ3v) is 3.40. The molecule has 0 atom stereocenters. The number of nitrogens with zero attached hydrogens (tertiary/aromatic N) is 1. The lowest BCUT2D eigenvalue weighted by Gasteiger charge is -2.14. The maximum absolute atomic E-state index is 12.1. The van der Waals surface area contributed by atoms with Crippen LogP contribution in [0.4, 0.5) is 13.2 Å². The third kappa shape index (κ3) is 3.73. The monoisotopic (exact) mass is 314 g/mol. The van der Waals surface area contributed by atoms with E-state index >= 15 is 0 Å². The van der Waals surface area contributed by atoms with Crippen molar-refractivity contribution in [1.82, 2.24) is 0 Å². The van der Waals surface area contributed by atoms with Crippen molar-refractivity contribution >= 4 is 19.7 Å². The Labute approximate surface area is 110 Å². The number of rotatable bonds is 3. The second-order valence-corrected chi connectivity index (χ2v) is 5.75. The lowest BCUT2D eigenvalue weighted by atomic mass is 10.1. The molecular weight excluding hydrogens is 309 g/mol. The van der Waals surface area contributed by atoms with Gasteiger partial charge in [-0.2, -0.15) is 5.26 Å². The van der Waals surface area contributed by atoms with Crippen LogP contribution in [-0.2, 0) is 15.6 Å². The number of benzene rings is 1. The van der Waals surface area contributed by atoms with Crippen molar-refractivity contribution in [2.45, 2.75) is 17.8 Å². The topological polar surface area (TPSA) is 93.2 Å². The fraction of sp³-hybridized carbons (Fsp3) is 0.222. The molecule has 1 rings (SSSR count). The van der Waals surface area contributed by atoms with Gasteiger partial charge >= 0.3 is 6.36 Å². The van der Waals surface area contributed by atoms with Crippen LogP contribution >= 0.6 is 10.7 Å². The van der Waals surface area contributed by atoms with Crippen LogP contribution in [0.1, 0.15) is 11.1 Å². The minimum absolute atomic E-state index is 0.387. The summed E-state index contributed by atoms with van der Waals surface area (Å²) in [6.07, 6.45) is -4.99. The molecule has 0 aliphatic heterocycles. The molecule has 0 saturated heterocycles. The average molecular weight is 315 g/mol. The van der Waals surface area contributed by atoms with Gasteiger partial charge in [-0.25, -0.2) is 8.42 Å². The van der Waals surface area contributed by atoms with E-state index in [1.54, 1.807) is 0 Å². The van der Waals surface area contributed by atoms with Crippen molar-refractivity contribution in [2.24, 2.45) is 5.73 Å². The van der Waals surface area contributed by atoms with E-state index in [1.807, 2.05) is 0 Å². The molecule has 0 spiro atoms. The standard InChI is InChI=1S/C9H6ClF3N2O3S/c10-19(16,17)8-2-1-7(18-9(11,12)13)5(3-14)6(8)4-15/h1-2H,3,14H2. The summed E-state index contributed by atoms with van der Waals surface area (Å²) in [7, 11) is 0.793. The van der Waals surface area contributed by atoms with E-state index in [0.29, 0.717) is 0 Å². The van der Waals surface area contributed by atoms with Gasteiger partial charge in [-0.05, 0) is 12.1 Å². The molecule has 2 N–H and O–H groups in total. The first-order valence-corrected chi connectivity index (χ1v) is 6.87. The zero-order valence-corrected chi connectivity index (χ0v) is 10.6. The Balaban J connectivity index is 3.54. The zero-order valence-electron chi connectivity index (χ0n) is 9.03. The number of nitriles is 1. The number of ether oxygens (including phenoxy) is 1. The molecule has 0 aliphatic rings. The van der Waals surface area contributed by atoms with Gasteiger partial charge in [-0.15, -0.1) is 13.2 Å². The highest BCUT2D eigenvalue weighted by atomic mass is 35.7. The van der Waals surface area contributed by atoms with Gasteiger partial charge in [0.2, 0.25) is 0 Å². The third-order valence-electron chi connectivity index (χ3n) is 2.04. The van der Waals surface area contributed by atoms with E-state index in [0.717, 1.165) is 12.1 Å². The molecule has 0 aromatic heterocycles. The summed E-state index contributed by atoms with van der Waals surface area (Å²) in [6.45, 7) is -0.519. The molecule has 0 amide bonds. The molecule has 10 heteroatoms. The SMILES string of the molecule is N#Cc1c(S(=O)(=O)Cl)ccc(OC(F)(F)F)c1CN. The molecule has 0 saturated carbocycles. The molecule has 5 nitrogen and oxygen atoms in total. The molecule has 104 valence electrons. The molecule has 0 aliphatic carbocycles. The molecule has 1 aromatic rings. The largest absolute Gasteiger partial charge is 0.573 e. The second kappa shape index (κ2) is 5.24. The Morgan fingerprint density at radius 2 is 2.00 bits per heavy atom. The van der Waals surface area contributed by atoms with E-state index in [1.165, 1.54) is 6.07 Å². The van der Waals surface area contributed by atoms with Gasteiger partial charge in [-0.1, -0.05) is 0 Å². The molecule has 0 unspecified atom stereocenters. The Bertz CT molecular complexity index is 637. The van der Waals surface area contributed by atoms with Crippen LogP contribution in [0, 0.1) is 11.3 Å². The van der Waals surface area contributed by atoms with Gasteiger partial charge in [0.05, 0.1) is 5.56 Å². The molecular formula is C9H6ClF3N2O3S. The molecule has 0 radical (unpaired) electrons. The summed E-state index contributed by atoms with van der Waals surface area (Å²) in [5.41, 5.74) is 4.26. The number of hydrogen-bond acceptors (Lipinski definition) is 5. The van der Waals surface area contributed by atoms with E-state index in [2.05, 4.69) is 4.74 Å². The van der Waals surface area contributed by atoms with Gasteiger partial charge < -0.3 is 10.5 Å².